The molecule has 2 saturated heterocycles. The van der Waals surface area contributed by atoms with Crippen molar-refractivity contribution in [1.29, 1.82) is 0 Å². The number of piperidine rings is 2. The Morgan fingerprint density at radius 3 is 1.98 bits per heavy atom. The van der Waals surface area contributed by atoms with Crippen LogP contribution in [0, 0.1) is 10.8 Å². The van der Waals surface area contributed by atoms with Crippen LogP contribution in [0.15, 0.2) is 85.1 Å². The molecule has 4 unspecified atom stereocenters. The maximum atomic E-state index is 13.1. The Kier molecular flexibility index (Phi) is 10.6. The number of carboxylic acid groups (broad SMARTS) is 2. The largest absolute Gasteiger partial charge is 0.481 e. The molecule has 46 heavy (non-hydrogen) atoms. The van der Waals surface area contributed by atoms with Crippen LogP contribution in [-0.4, -0.2) is 77.0 Å². The van der Waals surface area contributed by atoms with E-state index in [1.807, 2.05) is 13.8 Å². The van der Waals surface area contributed by atoms with E-state index in [4.69, 9.17) is 4.74 Å². The molecule has 246 valence electrons. The molecule has 0 aliphatic carbocycles. The van der Waals surface area contributed by atoms with Crippen molar-refractivity contribution in [3.05, 3.63) is 102 Å². The first-order chi connectivity index (χ1) is 22.2. The van der Waals surface area contributed by atoms with Crippen molar-refractivity contribution < 1.29 is 24.5 Å². The summed E-state index contributed by atoms with van der Waals surface area (Å²) in [4.78, 5) is 32.9. The first kappa shape index (κ1) is 33.8. The molecule has 8 heteroatoms. The van der Waals surface area contributed by atoms with Crippen LogP contribution in [0.2, 0.25) is 0 Å². The molecule has 5 atom stereocenters. The topological polar surface area (TPSA) is 112 Å². The fourth-order valence-corrected chi connectivity index (χ4v) is 8.31. The zero-order valence-electron chi connectivity index (χ0n) is 27.4. The molecule has 2 aliphatic rings. The molecule has 0 bridgehead atoms. The SMILES string of the molecule is CC1NC(C)C(CCCOCCCN2CCC(c3ccccc3)(c3ccccc3)CC2)(C(=O)O)[C@H](c2ccccn2)C1(C)C(=O)O. The lowest BCUT2D eigenvalue weighted by Crippen LogP contribution is -2.68. The first-order valence-electron chi connectivity index (χ1n) is 16.7. The zero-order valence-corrected chi connectivity index (χ0v) is 27.4. The van der Waals surface area contributed by atoms with Gasteiger partial charge in [-0.2, -0.15) is 0 Å². The number of nitrogens with one attached hydrogen (secondary N) is 1. The van der Waals surface area contributed by atoms with Gasteiger partial charge in [0.2, 0.25) is 0 Å². The van der Waals surface area contributed by atoms with Crippen molar-refractivity contribution in [2.24, 2.45) is 10.8 Å². The summed E-state index contributed by atoms with van der Waals surface area (Å²) in [5, 5.41) is 24.5. The number of carbonyl (C=O) groups is 2. The van der Waals surface area contributed by atoms with Crippen LogP contribution < -0.4 is 5.32 Å². The van der Waals surface area contributed by atoms with Gasteiger partial charge in [-0.15, -0.1) is 0 Å². The zero-order chi connectivity index (χ0) is 32.8. The van der Waals surface area contributed by atoms with E-state index in [9.17, 15) is 19.8 Å². The highest BCUT2D eigenvalue weighted by atomic mass is 16.5. The number of likely N-dealkylation sites (tertiary alicyclic amines) is 1. The Morgan fingerprint density at radius 1 is 0.848 bits per heavy atom. The Hall–Kier alpha value is -3.59. The van der Waals surface area contributed by atoms with Crippen LogP contribution in [0.5, 0.6) is 0 Å². The summed E-state index contributed by atoms with van der Waals surface area (Å²) in [6.07, 6.45) is 5.42. The number of aliphatic carboxylic acids is 2. The van der Waals surface area contributed by atoms with E-state index in [-0.39, 0.29) is 11.8 Å². The maximum absolute atomic E-state index is 13.1. The highest BCUT2D eigenvalue weighted by Gasteiger charge is 2.65. The summed E-state index contributed by atoms with van der Waals surface area (Å²) in [6, 6.07) is 26.2. The van der Waals surface area contributed by atoms with Gasteiger partial charge >= 0.3 is 11.9 Å². The van der Waals surface area contributed by atoms with E-state index in [2.05, 4.69) is 75.9 Å². The molecule has 0 spiro atoms. The molecule has 0 saturated carbocycles. The van der Waals surface area contributed by atoms with Gasteiger partial charge in [-0.3, -0.25) is 14.6 Å². The van der Waals surface area contributed by atoms with Crippen molar-refractivity contribution in [3.8, 4) is 0 Å². The van der Waals surface area contributed by atoms with Gasteiger partial charge in [0.1, 0.15) is 0 Å². The Morgan fingerprint density at radius 2 is 1.43 bits per heavy atom. The Balaban J connectivity index is 1.16. The molecule has 3 aromatic rings. The highest BCUT2D eigenvalue weighted by Crippen LogP contribution is 2.56. The molecular weight excluding hydrogens is 578 g/mol. The van der Waals surface area contributed by atoms with E-state index < -0.39 is 40.8 Å². The second-order valence-corrected chi connectivity index (χ2v) is 13.5. The summed E-state index contributed by atoms with van der Waals surface area (Å²) in [5.74, 6) is -2.85. The van der Waals surface area contributed by atoms with E-state index in [1.54, 1.807) is 31.3 Å². The lowest BCUT2D eigenvalue weighted by atomic mass is 9.52. The first-order valence-corrected chi connectivity index (χ1v) is 16.7. The lowest BCUT2D eigenvalue weighted by molar-refractivity contribution is -0.172. The normalized spacial score (nSPS) is 28.0. The van der Waals surface area contributed by atoms with Crippen LogP contribution in [-0.2, 0) is 19.7 Å². The molecule has 1 aromatic heterocycles. The summed E-state index contributed by atoms with van der Waals surface area (Å²) < 4.78 is 6.04. The fourth-order valence-electron chi connectivity index (χ4n) is 8.31. The molecule has 2 aliphatic heterocycles. The lowest BCUT2D eigenvalue weighted by Gasteiger charge is -2.55. The van der Waals surface area contributed by atoms with Crippen molar-refractivity contribution in [2.45, 2.75) is 76.3 Å². The second-order valence-electron chi connectivity index (χ2n) is 13.5. The second kappa shape index (κ2) is 14.4. The van der Waals surface area contributed by atoms with Crippen LogP contribution in [0.4, 0.5) is 0 Å². The van der Waals surface area contributed by atoms with Crippen LogP contribution in [0.3, 0.4) is 0 Å². The van der Waals surface area contributed by atoms with Gasteiger partial charge in [0.25, 0.3) is 0 Å². The molecule has 0 radical (unpaired) electrons. The van der Waals surface area contributed by atoms with Gasteiger partial charge in [0.15, 0.2) is 0 Å². The summed E-state index contributed by atoms with van der Waals surface area (Å²) in [6.45, 7) is 9.33. The number of nitrogens with zero attached hydrogens (tertiary/aromatic N) is 2. The minimum Gasteiger partial charge on any atom is -0.481 e. The number of hydrogen-bond acceptors (Lipinski definition) is 6. The number of rotatable bonds is 13. The summed E-state index contributed by atoms with van der Waals surface area (Å²) in [7, 11) is 0. The summed E-state index contributed by atoms with van der Waals surface area (Å²) in [5.41, 5.74) is 0.564. The van der Waals surface area contributed by atoms with E-state index in [0.717, 1.165) is 38.9 Å². The average molecular weight is 628 g/mol. The smallest absolute Gasteiger partial charge is 0.311 e. The highest BCUT2D eigenvalue weighted by molar-refractivity contribution is 5.83. The van der Waals surface area contributed by atoms with E-state index in [0.29, 0.717) is 25.3 Å². The van der Waals surface area contributed by atoms with Gasteiger partial charge in [-0.25, -0.2) is 0 Å². The minimum atomic E-state index is -1.37. The molecule has 3 N–H and O–H groups in total. The van der Waals surface area contributed by atoms with Gasteiger partial charge in [0.05, 0.1) is 10.8 Å². The van der Waals surface area contributed by atoms with Crippen molar-refractivity contribution in [1.82, 2.24) is 15.2 Å². The van der Waals surface area contributed by atoms with Crippen LogP contribution in [0.1, 0.15) is 75.6 Å². The third kappa shape index (κ3) is 6.35. The predicted octanol–water partition coefficient (Wildman–Crippen LogP) is 5.98. The minimum absolute atomic E-state index is 0.0301. The van der Waals surface area contributed by atoms with E-state index >= 15 is 0 Å². The number of benzene rings is 2. The predicted molar refractivity (Wildman–Crippen MR) is 179 cm³/mol. The van der Waals surface area contributed by atoms with Gasteiger partial charge in [-0.05, 0) is 89.2 Å². The monoisotopic (exact) mass is 627 g/mol. The van der Waals surface area contributed by atoms with Crippen molar-refractivity contribution in [3.63, 3.8) is 0 Å². The Bertz CT molecular complexity index is 1390. The van der Waals surface area contributed by atoms with Crippen molar-refractivity contribution >= 4 is 11.9 Å². The van der Waals surface area contributed by atoms with E-state index in [1.165, 1.54) is 11.1 Å². The third-order valence-electron chi connectivity index (χ3n) is 11.1. The quantitative estimate of drug-likeness (QED) is 0.199. The van der Waals surface area contributed by atoms with Crippen LogP contribution in [0.25, 0.3) is 0 Å². The molecule has 3 heterocycles. The van der Waals surface area contributed by atoms with Crippen LogP contribution >= 0.6 is 0 Å². The summed E-state index contributed by atoms with van der Waals surface area (Å²) >= 11 is 0. The fraction of sp³-hybridized carbons (Fsp3) is 0.500. The number of aromatic nitrogens is 1. The van der Waals surface area contributed by atoms with Gasteiger partial charge in [-0.1, -0.05) is 66.7 Å². The van der Waals surface area contributed by atoms with Gasteiger partial charge < -0.3 is 25.2 Å². The average Bonchev–Trinajstić information content (AvgIpc) is 3.07. The van der Waals surface area contributed by atoms with Crippen molar-refractivity contribution in [2.75, 3.05) is 32.8 Å². The number of ether oxygens (including phenoxy) is 1. The number of hydrogen-bond donors (Lipinski definition) is 3. The third-order valence-corrected chi connectivity index (χ3v) is 11.1. The molecule has 0 amide bonds. The van der Waals surface area contributed by atoms with Gasteiger partial charge in [0, 0.05) is 55.1 Å². The standard InChI is InChI=1S/C38H49N3O5/c1-28-36(3,34(42)43)33(32-18-10-11-22-39-32)38(35(44)45,29(2)40-28)19-12-26-46-27-13-23-41-24-20-37(21-25-41,30-14-6-4-7-15-30)31-16-8-5-9-17-31/h4-11,14-18,22,28-29,33,40H,12-13,19-21,23-27H2,1-3H3,(H,42,43)(H,44,45)/t28?,29?,33-,36?,38?/m1/s1. The number of carboxylic acids is 2. The molecule has 2 fully saturated rings. The molecule has 8 nitrogen and oxygen atoms in total. The molecule has 2 aromatic carbocycles. The number of pyridine rings is 1. The Labute approximate surface area is 273 Å². The maximum Gasteiger partial charge on any atom is 0.311 e. The molecular formula is C38H49N3O5. The molecule has 5 rings (SSSR count).